The van der Waals surface area contributed by atoms with E-state index < -0.39 is 15.8 Å². The summed E-state index contributed by atoms with van der Waals surface area (Å²) in [7, 11) is -3.41. The zero-order valence-electron chi connectivity index (χ0n) is 17.7. The van der Waals surface area contributed by atoms with E-state index in [4.69, 9.17) is 4.74 Å². The van der Waals surface area contributed by atoms with Crippen LogP contribution in [-0.2, 0) is 23.2 Å². The van der Waals surface area contributed by atoms with Gasteiger partial charge in [0.1, 0.15) is 18.2 Å². The van der Waals surface area contributed by atoms with Crippen molar-refractivity contribution in [3.8, 4) is 5.75 Å². The van der Waals surface area contributed by atoms with Gasteiger partial charge in [0.05, 0.1) is 11.1 Å². The number of ether oxygens (including phenoxy) is 1. The fourth-order valence-corrected chi connectivity index (χ4v) is 5.08. The first-order chi connectivity index (χ1) is 15.8. The summed E-state index contributed by atoms with van der Waals surface area (Å²) in [6.45, 7) is 0.218. The molecule has 9 heteroatoms. The lowest BCUT2D eigenvalue weighted by atomic mass is 10.1. The molecule has 0 saturated heterocycles. The van der Waals surface area contributed by atoms with E-state index in [1.807, 2.05) is 18.2 Å². The first-order valence-electron chi connectivity index (χ1n) is 10.0. The number of thiophene rings is 1. The van der Waals surface area contributed by atoms with E-state index in [2.05, 4.69) is 10.0 Å². The summed E-state index contributed by atoms with van der Waals surface area (Å²) < 4.78 is 46.4. The summed E-state index contributed by atoms with van der Waals surface area (Å²) >= 11 is 1.20. The number of hydrogen-bond donors (Lipinski definition) is 2. The zero-order chi connectivity index (χ0) is 23.4. The molecule has 4 aromatic rings. The maximum absolute atomic E-state index is 14.6. The number of para-hydroxylation sites is 1. The van der Waals surface area contributed by atoms with Gasteiger partial charge in [-0.25, -0.2) is 12.8 Å². The Morgan fingerprint density at radius 2 is 1.79 bits per heavy atom. The van der Waals surface area contributed by atoms with Crippen LogP contribution in [0.5, 0.6) is 5.75 Å². The fraction of sp³-hybridized carbons (Fsp3) is 0.125. The molecule has 0 aliphatic carbocycles. The third kappa shape index (κ3) is 5.68. The molecule has 0 fully saturated rings. The zero-order valence-corrected chi connectivity index (χ0v) is 19.3. The molecule has 33 heavy (non-hydrogen) atoms. The van der Waals surface area contributed by atoms with Crippen molar-refractivity contribution < 1.29 is 22.3 Å². The molecule has 4 rings (SSSR count). The molecular weight excluding hydrogens is 463 g/mol. The molecule has 0 aliphatic rings. The van der Waals surface area contributed by atoms with Crippen molar-refractivity contribution in [3.05, 3.63) is 94.6 Å². The fourth-order valence-electron chi connectivity index (χ4n) is 3.38. The van der Waals surface area contributed by atoms with Gasteiger partial charge in [-0.15, -0.1) is 11.3 Å². The molecule has 0 spiro atoms. The van der Waals surface area contributed by atoms with Crippen LogP contribution in [0, 0.1) is 5.82 Å². The predicted octanol–water partition coefficient (Wildman–Crippen LogP) is 4.92. The third-order valence-corrected chi connectivity index (χ3v) is 6.58. The topological polar surface area (TPSA) is 84.5 Å². The number of anilines is 1. The summed E-state index contributed by atoms with van der Waals surface area (Å²) in [6, 6.07) is 20.6. The van der Waals surface area contributed by atoms with Gasteiger partial charge >= 0.3 is 0 Å². The molecule has 0 atom stereocenters. The molecule has 0 aliphatic heterocycles. The highest BCUT2D eigenvalue weighted by atomic mass is 32.2. The number of halogens is 1. The third-order valence-electron chi connectivity index (χ3n) is 4.78. The largest absolute Gasteiger partial charge is 0.489 e. The standard InChI is InChI=1S/C24H21FN2O4S2/c1-33(29,30)27-17-8-5-7-16(13-17)14-26-24(28)23-19(15-31-18-9-3-2-4-10-18)22-20(25)11-6-12-21(22)32-23/h2-13,27H,14-15H2,1H3,(H,26,28). The van der Waals surface area contributed by atoms with Crippen LogP contribution in [0.25, 0.3) is 10.1 Å². The lowest BCUT2D eigenvalue weighted by Gasteiger charge is -2.10. The number of fused-ring (bicyclic) bond motifs is 1. The van der Waals surface area contributed by atoms with Crippen LogP contribution in [0.15, 0.2) is 72.8 Å². The summed E-state index contributed by atoms with van der Waals surface area (Å²) in [6.07, 6.45) is 1.07. The van der Waals surface area contributed by atoms with E-state index in [0.29, 0.717) is 37.5 Å². The van der Waals surface area contributed by atoms with E-state index in [1.165, 1.54) is 17.4 Å². The van der Waals surface area contributed by atoms with Crippen molar-refractivity contribution in [1.82, 2.24) is 5.32 Å². The lowest BCUT2D eigenvalue weighted by molar-refractivity contribution is 0.0953. The van der Waals surface area contributed by atoms with Gasteiger partial charge in [0.2, 0.25) is 10.0 Å². The van der Waals surface area contributed by atoms with E-state index in [0.717, 1.165) is 6.26 Å². The smallest absolute Gasteiger partial charge is 0.262 e. The molecule has 170 valence electrons. The van der Waals surface area contributed by atoms with Gasteiger partial charge in [0.25, 0.3) is 5.91 Å². The summed E-state index contributed by atoms with van der Waals surface area (Å²) in [5.74, 6) is -0.146. The molecule has 3 aromatic carbocycles. The maximum atomic E-state index is 14.6. The van der Waals surface area contributed by atoms with E-state index in [9.17, 15) is 17.6 Å². The van der Waals surface area contributed by atoms with Crippen LogP contribution in [-0.4, -0.2) is 20.6 Å². The summed E-state index contributed by atoms with van der Waals surface area (Å²) in [5.41, 5.74) is 1.61. The Labute approximate surface area is 195 Å². The van der Waals surface area contributed by atoms with Crippen molar-refractivity contribution in [2.45, 2.75) is 13.2 Å². The Morgan fingerprint density at radius 1 is 1.03 bits per heavy atom. The van der Waals surface area contributed by atoms with Crippen molar-refractivity contribution in [1.29, 1.82) is 0 Å². The van der Waals surface area contributed by atoms with Crippen molar-refractivity contribution in [2.75, 3.05) is 11.0 Å². The first kappa shape index (κ1) is 22.8. The van der Waals surface area contributed by atoms with Crippen LogP contribution in [0.4, 0.5) is 10.1 Å². The van der Waals surface area contributed by atoms with Gasteiger partial charge in [-0.3, -0.25) is 9.52 Å². The van der Waals surface area contributed by atoms with Crippen molar-refractivity contribution >= 4 is 43.0 Å². The molecule has 1 heterocycles. The van der Waals surface area contributed by atoms with Gasteiger partial charge in [-0.05, 0) is 42.0 Å². The van der Waals surface area contributed by atoms with Gasteiger partial charge in [-0.2, -0.15) is 0 Å². The number of rotatable bonds is 8. The van der Waals surface area contributed by atoms with E-state index in [-0.39, 0.29) is 19.1 Å². The summed E-state index contributed by atoms with van der Waals surface area (Å²) in [5, 5.41) is 3.22. The average Bonchev–Trinajstić information content (AvgIpc) is 3.16. The Hall–Kier alpha value is -3.43. The average molecular weight is 485 g/mol. The molecular formula is C24H21FN2O4S2. The minimum atomic E-state index is -3.41. The second-order valence-electron chi connectivity index (χ2n) is 7.38. The van der Waals surface area contributed by atoms with Gasteiger partial charge in [0, 0.05) is 27.9 Å². The number of carbonyl (C=O) groups is 1. The first-order valence-corrected chi connectivity index (χ1v) is 12.7. The second kappa shape index (κ2) is 9.60. The number of sulfonamides is 1. The number of carbonyl (C=O) groups excluding carboxylic acids is 1. The van der Waals surface area contributed by atoms with Crippen LogP contribution in [0.2, 0.25) is 0 Å². The quantitative estimate of drug-likeness (QED) is 0.372. The monoisotopic (exact) mass is 484 g/mol. The minimum Gasteiger partial charge on any atom is -0.489 e. The SMILES string of the molecule is CS(=O)(=O)Nc1cccc(CNC(=O)c2sc3cccc(F)c3c2COc2ccccc2)c1. The normalized spacial score (nSPS) is 11.3. The molecule has 2 N–H and O–H groups in total. The Balaban J connectivity index is 1.56. The molecule has 0 bridgehead atoms. The minimum absolute atomic E-state index is 0.0431. The van der Waals surface area contributed by atoms with Crippen LogP contribution < -0.4 is 14.8 Å². The van der Waals surface area contributed by atoms with Gasteiger partial charge in [-0.1, -0.05) is 36.4 Å². The maximum Gasteiger partial charge on any atom is 0.262 e. The Morgan fingerprint density at radius 3 is 2.55 bits per heavy atom. The Kier molecular flexibility index (Phi) is 6.62. The molecule has 1 amide bonds. The van der Waals surface area contributed by atoms with Crippen LogP contribution >= 0.6 is 11.3 Å². The summed E-state index contributed by atoms with van der Waals surface area (Å²) in [4.78, 5) is 13.4. The number of nitrogens with one attached hydrogen (secondary N) is 2. The number of hydrogen-bond acceptors (Lipinski definition) is 5. The molecule has 1 aromatic heterocycles. The highest BCUT2D eigenvalue weighted by Gasteiger charge is 2.21. The lowest BCUT2D eigenvalue weighted by Crippen LogP contribution is -2.23. The van der Waals surface area contributed by atoms with E-state index in [1.54, 1.807) is 48.5 Å². The van der Waals surface area contributed by atoms with Crippen LogP contribution in [0.3, 0.4) is 0 Å². The van der Waals surface area contributed by atoms with Crippen molar-refractivity contribution in [2.24, 2.45) is 0 Å². The number of benzene rings is 3. The second-order valence-corrected chi connectivity index (χ2v) is 10.2. The van der Waals surface area contributed by atoms with Crippen molar-refractivity contribution in [3.63, 3.8) is 0 Å². The highest BCUT2D eigenvalue weighted by Crippen LogP contribution is 2.34. The molecule has 0 saturated carbocycles. The molecule has 0 radical (unpaired) electrons. The van der Waals surface area contributed by atoms with Gasteiger partial charge in [0.15, 0.2) is 0 Å². The van der Waals surface area contributed by atoms with Gasteiger partial charge < -0.3 is 10.1 Å². The highest BCUT2D eigenvalue weighted by molar-refractivity contribution is 7.92. The predicted molar refractivity (Wildman–Crippen MR) is 129 cm³/mol. The molecule has 0 unspecified atom stereocenters. The Bertz CT molecular complexity index is 1400. The molecule has 6 nitrogen and oxygen atoms in total. The van der Waals surface area contributed by atoms with Crippen LogP contribution in [0.1, 0.15) is 20.8 Å². The number of amides is 1. The van der Waals surface area contributed by atoms with E-state index >= 15 is 0 Å².